The van der Waals surface area contributed by atoms with Gasteiger partial charge in [-0.15, -0.1) is 0 Å². The van der Waals surface area contributed by atoms with Crippen LogP contribution in [0.1, 0.15) is 19.8 Å². The van der Waals surface area contributed by atoms with Crippen molar-refractivity contribution in [1.29, 1.82) is 0 Å². The summed E-state index contributed by atoms with van der Waals surface area (Å²) in [6.07, 6.45) is 9.04. The molecule has 0 amide bonds. The van der Waals surface area contributed by atoms with Gasteiger partial charge in [0.15, 0.2) is 0 Å². The lowest BCUT2D eigenvalue weighted by atomic mass is 10.0. The van der Waals surface area contributed by atoms with Gasteiger partial charge in [-0.25, -0.2) is 0 Å². The Labute approximate surface area is 62.8 Å². The third-order valence-corrected chi connectivity index (χ3v) is 1.92. The van der Waals surface area contributed by atoms with Crippen molar-refractivity contribution in [1.82, 2.24) is 5.32 Å². The topological polar surface area (TPSA) is 12.0 Å². The fourth-order valence-electron chi connectivity index (χ4n) is 1.18. The van der Waals surface area contributed by atoms with Gasteiger partial charge >= 0.3 is 0 Å². The highest BCUT2D eigenvalue weighted by molar-refractivity contribution is 5.25. The second kappa shape index (κ2) is 3.57. The number of hydrogen-bond donors (Lipinski definition) is 1. The van der Waals surface area contributed by atoms with Gasteiger partial charge in [-0.2, -0.15) is 0 Å². The monoisotopic (exact) mass is 137 g/mol. The van der Waals surface area contributed by atoms with Gasteiger partial charge < -0.3 is 5.32 Å². The molecular formula is C9H15N. The van der Waals surface area contributed by atoms with Gasteiger partial charge in [0, 0.05) is 6.04 Å². The zero-order chi connectivity index (χ0) is 7.40. The van der Waals surface area contributed by atoms with Gasteiger partial charge in [0.2, 0.25) is 0 Å². The summed E-state index contributed by atoms with van der Waals surface area (Å²) in [4.78, 5) is 0. The second-order valence-electron chi connectivity index (χ2n) is 2.63. The SMILES string of the molecule is CCC1=CC(NC)CC=C1. The molecule has 0 aromatic carbocycles. The summed E-state index contributed by atoms with van der Waals surface area (Å²) in [6, 6.07) is 0.569. The number of nitrogens with one attached hydrogen (secondary N) is 1. The molecule has 1 rings (SSSR count). The highest BCUT2D eigenvalue weighted by Crippen LogP contribution is 2.12. The molecule has 0 fully saturated rings. The molecule has 0 saturated carbocycles. The normalized spacial score (nSPS) is 24.6. The molecule has 10 heavy (non-hydrogen) atoms. The third-order valence-electron chi connectivity index (χ3n) is 1.92. The maximum atomic E-state index is 3.24. The summed E-state index contributed by atoms with van der Waals surface area (Å²) in [7, 11) is 2.01. The Morgan fingerprint density at radius 1 is 1.70 bits per heavy atom. The van der Waals surface area contributed by atoms with Crippen LogP contribution in [0.15, 0.2) is 23.8 Å². The van der Waals surface area contributed by atoms with Crippen molar-refractivity contribution in [2.24, 2.45) is 0 Å². The zero-order valence-electron chi connectivity index (χ0n) is 6.72. The molecule has 0 saturated heterocycles. The Morgan fingerprint density at radius 2 is 2.50 bits per heavy atom. The maximum absolute atomic E-state index is 3.24. The van der Waals surface area contributed by atoms with Crippen LogP contribution < -0.4 is 5.32 Å². The van der Waals surface area contributed by atoms with Crippen molar-refractivity contribution in [3.05, 3.63) is 23.8 Å². The van der Waals surface area contributed by atoms with Gasteiger partial charge in [0.05, 0.1) is 0 Å². The summed E-state index contributed by atoms with van der Waals surface area (Å²) in [5, 5.41) is 3.24. The predicted octanol–water partition coefficient (Wildman–Crippen LogP) is 1.87. The molecule has 0 aliphatic heterocycles. The van der Waals surface area contributed by atoms with Gasteiger partial charge in [0.25, 0.3) is 0 Å². The van der Waals surface area contributed by atoms with E-state index in [0.29, 0.717) is 6.04 Å². The van der Waals surface area contributed by atoms with E-state index in [1.807, 2.05) is 7.05 Å². The minimum atomic E-state index is 0.569. The van der Waals surface area contributed by atoms with Gasteiger partial charge in [0.1, 0.15) is 0 Å². The summed E-state index contributed by atoms with van der Waals surface area (Å²) in [6.45, 7) is 2.19. The maximum Gasteiger partial charge on any atom is 0.0287 e. The van der Waals surface area contributed by atoms with Gasteiger partial charge in [-0.1, -0.05) is 30.7 Å². The second-order valence-corrected chi connectivity index (χ2v) is 2.63. The lowest BCUT2D eigenvalue weighted by molar-refractivity contribution is 0.665. The number of hydrogen-bond acceptors (Lipinski definition) is 1. The largest absolute Gasteiger partial charge is 0.313 e. The molecule has 1 N–H and O–H groups in total. The molecule has 0 aromatic heterocycles. The lowest BCUT2D eigenvalue weighted by Crippen LogP contribution is -2.23. The van der Waals surface area contributed by atoms with Gasteiger partial charge in [-0.05, 0) is 19.9 Å². The van der Waals surface area contributed by atoms with E-state index in [1.54, 1.807) is 0 Å². The fourth-order valence-corrected chi connectivity index (χ4v) is 1.18. The Balaban J connectivity index is 2.56. The first-order valence-electron chi connectivity index (χ1n) is 3.91. The molecule has 1 aliphatic carbocycles. The molecular weight excluding hydrogens is 122 g/mol. The predicted molar refractivity (Wildman–Crippen MR) is 45.0 cm³/mol. The zero-order valence-corrected chi connectivity index (χ0v) is 6.72. The minimum Gasteiger partial charge on any atom is -0.313 e. The number of rotatable bonds is 2. The number of likely N-dealkylation sites (N-methyl/N-ethyl adjacent to an activating group) is 1. The Morgan fingerprint density at radius 3 is 3.10 bits per heavy atom. The number of allylic oxidation sites excluding steroid dienone is 2. The van der Waals surface area contributed by atoms with Crippen molar-refractivity contribution in [3.8, 4) is 0 Å². The van der Waals surface area contributed by atoms with Crippen LogP contribution in [-0.4, -0.2) is 13.1 Å². The molecule has 1 unspecified atom stereocenters. The van der Waals surface area contributed by atoms with Crippen LogP contribution in [0.5, 0.6) is 0 Å². The minimum absolute atomic E-state index is 0.569. The first-order valence-corrected chi connectivity index (χ1v) is 3.91. The van der Waals surface area contributed by atoms with Crippen LogP contribution in [0.2, 0.25) is 0 Å². The van der Waals surface area contributed by atoms with Crippen molar-refractivity contribution in [2.45, 2.75) is 25.8 Å². The van der Waals surface area contributed by atoms with Gasteiger partial charge in [-0.3, -0.25) is 0 Å². The average molecular weight is 137 g/mol. The Bertz CT molecular complexity index is 156. The van der Waals surface area contributed by atoms with E-state index < -0.39 is 0 Å². The quantitative estimate of drug-likeness (QED) is 0.612. The van der Waals surface area contributed by atoms with Crippen LogP contribution >= 0.6 is 0 Å². The third kappa shape index (κ3) is 1.71. The van der Waals surface area contributed by atoms with Crippen molar-refractivity contribution in [3.63, 3.8) is 0 Å². The Kier molecular flexibility index (Phi) is 2.69. The van der Waals surface area contributed by atoms with E-state index in [4.69, 9.17) is 0 Å². The lowest BCUT2D eigenvalue weighted by Gasteiger charge is -2.14. The average Bonchev–Trinajstić information content (AvgIpc) is 2.05. The van der Waals surface area contributed by atoms with E-state index >= 15 is 0 Å². The van der Waals surface area contributed by atoms with E-state index in [2.05, 4.69) is 30.5 Å². The molecule has 0 spiro atoms. The highest BCUT2D eigenvalue weighted by Gasteiger charge is 2.03. The first-order chi connectivity index (χ1) is 4.86. The van der Waals surface area contributed by atoms with E-state index in [9.17, 15) is 0 Å². The smallest absolute Gasteiger partial charge is 0.0287 e. The van der Waals surface area contributed by atoms with Crippen LogP contribution in [0.25, 0.3) is 0 Å². The molecule has 1 aliphatic rings. The molecule has 0 bridgehead atoms. The van der Waals surface area contributed by atoms with E-state index in [-0.39, 0.29) is 0 Å². The van der Waals surface area contributed by atoms with Crippen molar-refractivity contribution < 1.29 is 0 Å². The first kappa shape index (κ1) is 7.55. The van der Waals surface area contributed by atoms with Crippen molar-refractivity contribution in [2.75, 3.05) is 7.05 Å². The summed E-state index contributed by atoms with van der Waals surface area (Å²) >= 11 is 0. The molecule has 1 atom stereocenters. The van der Waals surface area contributed by atoms with E-state index in [1.165, 1.54) is 5.57 Å². The highest BCUT2D eigenvalue weighted by atomic mass is 14.9. The van der Waals surface area contributed by atoms with Crippen molar-refractivity contribution >= 4 is 0 Å². The summed E-state index contributed by atoms with van der Waals surface area (Å²) in [5.74, 6) is 0. The van der Waals surface area contributed by atoms with Crippen LogP contribution in [0.3, 0.4) is 0 Å². The standard InChI is InChI=1S/C9H15N/c1-3-8-5-4-6-9(7-8)10-2/h4-5,7,9-10H,3,6H2,1-2H3. The van der Waals surface area contributed by atoms with E-state index in [0.717, 1.165) is 12.8 Å². The van der Waals surface area contributed by atoms with Crippen LogP contribution in [0, 0.1) is 0 Å². The molecule has 0 radical (unpaired) electrons. The molecule has 0 aromatic rings. The molecule has 1 nitrogen and oxygen atoms in total. The van der Waals surface area contributed by atoms with Crippen LogP contribution in [-0.2, 0) is 0 Å². The fraction of sp³-hybridized carbons (Fsp3) is 0.556. The summed E-state index contributed by atoms with van der Waals surface area (Å²) in [5.41, 5.74) is 1.45. The molecule has 56 valence electrons. The Hall–Kier alpha value is -0.560. The van der Waals surface area contributed by atoms with Crippen LogP contribution in [0.4, 0.5) is 0 Å². The molecule has 1 heteroatoms. The molecule has 0 heterocycles. The summed E-state index contributed by atoms with van der Waals surface area (Å²) < 4.78 is 0.